The Morgan fingerprint density at radius 1 is 1.37 bits per heavy atom. The standard InChI is InChI=1S/C14H15FN2O2/c1-9-5-6-19-14(9)8-16-11-3-4-12(15)13(7-11)17-10(2)18/h3-7,16H,8H2,1-2H3,(H,17,18). The summed E-state index contributed by atoms with van der Waals surface area (Å²) in [4.78, 5) is 11.0. The second kappa shape index (κ2) is 5.56. The number of carbonyl (C=O) groups is 1. The van der Waals surface area contributed by atoms with Crippen LogP contribution in [0.25, 0.3) is 0 Å². The zero-order valence-corrected chi connectivity index (χ0v) is 10.8. The van der Waals surface area contributed by atoms with Crippen LogP contribution in [0, 0.1) is 12.7 Å². The van der Waals surface area contributed by atoms with Crippen molar-refractivity contribution in [2.75, 3.05) is 10.6 Å². The number of amides is 1. The molecule has 4 nitrogen and oxygen atoms in total. The second-order valence-electron chi connectivity index (χ2n) is 4.26. The van der Waals surface area contributed by atoms with Crippen molar-refractivity contribution in [2.24, 2.45) is 0 Å². The van der Waals surface area contributed by atoms with E-state index in [1.165, 1.54) is 13.0 Å². The summed E-state index contributed by atoms with van der Waals surface area (Å²) in [5, 5.41) is 5.56. The number of nitrogens with one attached hydrogen (secondary N) is 2. The van der Waals surface area contributed by atoms with Gasteiger partial charge < -0.3 is 15.1 Å². The monoisotopic (exact) mass is 262 g/mol. The van der Waals surface area contributed by atoms with Gasteiger partial charge in [-0.3, -0.25) is 4.79 Å². The Kier molecular flexibility index (Phi) is 3.85. The number of halogens is 1. The minimum atomic E-state index is -0.463. The largest absolute Gasteiger partial charge is 0.467 e. The van der Waals surface area contributed by atoms with Crippen LogP contribution in [0.4, 0.5) is 15.8 Å². The SMILES string of the molecule is CC(=O)Nc1cc(NCc2occc2C)ccc1F. The lowest BCUT2D eigenvalue weighted by atomic mass is 10.2. The number of rotatable bonds is 4. The second-order valence-corrected chi connectivity index (χ2v) is 4.26. The normalized spacial score (nSPS) is 10.3. The first kappa shape index (κ1) is 13.1. The summed E-state index contributed by atoms with van der Waals surface area (Å²) in [6.45, 7) is 3.80. The molecule has 100 valence electrons. The summed E-state index contributed by atoms with van der Waals surface area (Å²) in [7, 11) is 0. The third-order valence-electron chi connectivity index (χ3n) is 2.70. The highest BCUT2D eigenvalue weighted by Gasteiger charge is 2.06. The van der Waals surface area contributed by atoms with Gasteiger partial charge in [-0.2, -0.15) is 0 Å². The van der Waals surface area contributed by atoms with E-state index in [-0.39, 0.29) is 11.6 Å². The van der Waals surface area contributed by atoms with Gasteiger partial charge in [-0.25, -0.2) is 4.39 Å². The predicted octanol–water partition coefficient (Wildman–Crippen LogP) is 3.30. The van der Waals surface area contributed by atoms with Gasteiger partial charge in [-0.05, 0) is 36.8 Å². The van der Waals surface area contributed by atoms with Crippen LogP contribution in [0.3, 0.4) is 0 Å². The maximum atomic E-state index is 13.4. The van der Waals surface area contributed by atoms with Crippen molar-refractivity contribution in [1.82, 2.24) is 0 Å². The average molecular weight is 262 g/mol. The number of benzene rings is 1. The minimum Gasteiger partial charge on any atom is -0.467 e. The summed E-state index contributed by atoms with van der Waals surface area (Å²) in [6.07, 6.45) is 1.62. The minimum absolute atomic E-state index is 0.161. The van der Waals surface area contributed by atoms with Crippen LogP contribution in [0.1, 0.15) is 18.2 Å². The van der Waals surface area contributed by atoms with Crippen LogP contribution in [-0.2, 0) is 11.3 Å². The maximum Gasteiger partial charge on any atom is 0.221 e. The van der Waals surface area contributed by atoms with Crippen molar-refractivity contribution in [3.8, 4) is 0 Å². The summed E-state index contributed by atoms with van der Waals surface area (Å²) in [6, 6.07) is 6.35. The lowest BCUT2D eigenvalue weighted by molar-refractivity contribution is -0.114. The van der Waals surface area contributed by atoms with Crippen molar-refractivity contribution < 1.29 is 13.6 Å². The Bertz CT molecular complexity index is 593. The highest BCUT2D eigenvalue weighted by atomic mass is 19.1. The third-order valence-corrected chi connectivity index (χ3v) is 2.70. The lowest BCUT2D eigenvalue weighted by Gasteiger charge is -2.09. The molecule has 0 bridgehead atoms. The van der Waals surface area contributed by atoms with Gasteiger partial charge in [0.25, 0.3) is 0 Å². The molecule has 5 heteroatoms. The summed E-state index contributed by atoms with van der Waals surface area (Å²) >= 11 is 0. The van der Waals surface area contributed by atoms with Crippen molar-refractivity contribution >= 4 is 17.3 Å². The lowest BCUT2D eigenvalue weighted by Crippen LogP contribution is -2.08. The maximum absolute atomic E-state index is 13.4. The van der Waals surface area contributed by atoms with Gasteiger partial charge in [0.2, 0.25) is 5.91 Å². The van der Waals surface area contributed by atoms with Gasteiger partial charge in [0.05, 0.1) is 18.5 Å². The van der Waals surface area contributed by atoms with Crippen LogP contribution in [0.5, 0.6) is 0 Å². The molecule has 1 heterocycles. The van der Waals surface area contributed by atoms with E-state index in [1.807, 2.05) is 13.0 Å². The quantitative estimate of drug-likeness (QED) is 0.888. The third kappa shape index (κ3) is 3.34. The van der Waals surface area contributed by atoms with E-state index in [2.05, 4.69) is 10.6 Å². The van der Waals surface area contributed by atoms with E-state index in [0.717, 1.165) is 11.3 Å². The zero-order chi connectivity index (χ0) is 13.8. The fourth-order valence-corrected chi connectivity index (χ4v) is 1.69. The molecule has 2 rings (SSSR count). The van der Waals surface area contributed by atoms with E-state index < -0.39 is 5.82 Å². The van der Waals surface area contributed by atoms with Gasteiger partial charge in [0.1, 0.15) is 11.6 Å². The van der Waals surface area contributed by atoms with Crippen LogP contribution in [-0.4, -0.2) is 5.91 Å². The predicted molar refractivity (Wildman–Crippen MR) is 71.5 cm³/mol. The summed E-state index contributed by atoms with van der Waals surface area (Å²) in [5.41, 5.74) is 1.92. The number of aryl methyl sites for hydroxylation is 1. The van der Waals surface area contributed by atoms with E-state index in [9.17, 15) is 9.18 Å². The zero-order valence-electron chi connectivity index (χ0n) is 10.8. The van der Waals surface area contributed by atoms with Gasteiger partial charge in [0, 0.05) is 12.6 Å². The van der Waals surface area contributed by atoms with Gasteiger partial charge in [-0.15, -0.1) is 0 Å². The molecular weight excluding hydrogens is 247 g/mol. The first-order chi connectivity index (χ1) is 9.06. The molecule has 2 N–H and O–H groups in total. The topological polar surface area (TPSA) is 54.3 Å². The number of hydrogen-bond acceptors (Lipinski definition) is 3. The summed E-state index contributed by atoms with van der Waals surface area (Å²) < 4.78 is 18.7. The van der Waals surface area contributed by atoms with Gasteiger partial charge in [-0.1, -0.05) is 0 Å². The number of anilines is 2. The first-order valence-corrected chi connectivity index (χ1v) is 5.90. The molecule has 0 saturated carbocycles. The average Bonchev–Trinajstić information content (AvgIpc) is 2.75. The Balaban J connectivity index is 2.08. The fourth-order valence-electron chi connectivity index (χ4n) is 1.69. The molecule has 1 amide bonds. The molecule has 0 aliphatic rings. The molecule has 0 radical (unpaired) electrons. The van der Waals surface area contributed by atoms with Crippen molar-refractivity contribution in [3.63, 3.8) is 0 Å². The van der Waals surface area contributed by atoms with E-state index in [1.54, 1.807) is 18.4 Å². The van der Waals surface area contributed by atoms with Crippen LogP contribution < -0.4 is 10.6 Å². The smallest absolute Gasteiger partial charge is 0.221 e. The Morgan fingerprint density at radius 3 is 2.79 bits per heavy atom. The molecule has 0 spiro atoms. The Hall–Kier alpha value is -2.30. The summed E-state index contributed by atoms with van der Waals surface area (Å²) in [5.74, 6) is 0.0539. The number of furan rings is 1. The molecule has 2 aromatic rings. The molecule has 0 atom stereocenters. The van der Waals surface area contributed by atoms with E-state index >= 15 is 0 Å². The molecule has 1 aromatic heterocycles. The molecule has 0 unspecified atom stereocenters. The van der Waals surface area contributed by atoms with Crippen molar-refractivity contribution in [3.05, 3.63) is 47.7 Å². The number of hydrogen-bond donors (Lipinski definition) is 2. The molecule has 0 aliphatic carbocycles. The van der Waals surface area contributed by atoms with Gasteiger partial charge >= 0.3 is 0 Å². The Morgan fingerprint density at radius 2 is 2.16 bits per heavy atom. The van der Waals surface area contributed by atoms with Crippen LogP contribution >= 0.6 is 0 Å². The number of carbonyl (C=O) groups excluding carboxylic acids is 1. The molecular formula is C14H15FN2O2. The van der Waals surface area contributed by atoms with Crippen molar-refractivity contribution in [1.29, 1.82) is 0 Å². The van der Waals surface area contributed by atoms with E-state index in [4.69, 9.17) is 4.42 Å². The van der Waals surface area contributed by atoms with Crippen molar-refractivity contribution in [2.45, 2.75) is 20.4 Å². The van der Waals surface area contributed by atoms with Crippen LogP contribution in [0.2, 0.25) is 0 Å². The molecule has 0 saturated heterocycles. The van der Waals surface area contributed by atoms with E-state index in [0.29, 0.717) is 12.2 Å². The van der Waals surface area contributed by atoms with Gasteiger partial charge in [0.15, 0.2) is 0 Å². The highest BCUT2D eigenvalue weighted by Crippen LogP contribution is 2.20. The molecule has 0 fully saturated rings. The molecule has 19 heavy (non-hydrogen) atoms. The molecule has 0 aliphatic heterocycles. The fraction of sp³-hybridized carbons (Fsp3) is 0.214. The highest BCUT2D eigenvalue weighted by molar-refractivity contribution is 5.89. The Labute approximate surface area is 110 Å². The van der Waals surface area contributed by atoms with Crippen LogP contribution in [0.15, 0.2) is 34.9 Å². The first-order valence-electron chi connectivity index (χ1n) is 5.90. The molecule has 1 aromatic carbocycles.